The van der Waals surface area contributed by atoms with Crippen LogP contribution in [0.2, 0.25) is 0 Å². The molecule has 1 saturated carbocycles. The van der Waals surface area contributed by atoms with Gasteiger partial charge in [-0.25, -0.2) is 14.4 Å². The van der Waals surface area contributed by atoms with Gasteiger partial charge < -0.3 is 15.5 Å². The van der Waals surface area contributed by atoms with E-state index in [1.54, 1.807) is 18.3 Å². The summed E-state index contributed by atoms with van der Waals surface area (Å²) in [5.41, 5.74) is 1.77. The number of aromatic nitrogens is 2. The topological polar surface area (TPSA) is 78.3 Å². The fourth-order valence-corrected chi connectivity index (χ4v) is 3.94. The molecule has 0 radical (unpaired) electrons. The van der Waals surface area contributed by atoms with Crippen molar-refractivity contribution in [3.05, 3.63) is 59.4 Å². The van der Waals surface area contributed by atoms with Gasteiger partial charge in [0.2, 0.25) is 0 Å². The number of nitrogens with zero attached hydrogens (tertiary/aromatic N) is 2. The highest BCUT2D eigenvalue weighted by Gasteiger charge is 2.42. The van der Waals surface area contributed by atoms with Crippen LogP contribution in [-0.4, -0.2) is 38.9 Å². The second-order valence-electron chi connectivity index (χ2n) is 8.75. The number of aliphatic hydroxyl groups excluding tert-OH is 2. The molecule has 0 aliphatic heterocycles. The van der Waals surface area contributed by atoms with Gasteiger partial charge in [0.1, 0.15) is 11.6 Å². The molecule has 1 fully saturated rings. The molecule has 3 N–H and O–H groups in total. The van der Waals surface area contributed by atoms with Crippen molar-refractivity contribution < 1.29 is 14.6 Å². The molecular formula is C22H30FN3O2. The fraction of sp³-hybridized carbons (Fsp3) is 0.545. The monoisotopic (exact) mass is 387 g/mol. The Bertz CT molecular complexity index is 776. The van der Waals surface area contributed by atoms with Crippen molar-refractivity contribution in [2.45, 2.75) is 57.7 Å². The van der Waals surface area contributed by atoms with Gasteiger partial charge in [0.25, 0.3) is 0 Å². The zero-order valence-electron chi connectivity index (χ0n) is 16.8. The highest BCUT2D eigenvalue weighted by molar-refractivity contribution is 5.16. The van der Waals surface area contributed by atoms with Crippen molar-refractivity contribution in [1.29, 1.82) is 0 Å². The Kier molecular flexibility index (Phi) is 6.43. The molecule has 3 rings (SSSR count). The van der Waals surface area contributed by atoms with Crippen LogP contribution in [-0.2, 0) is 18.4 Å². The quantitative estimate of drug-likeness (QED) is 0.710. The molecule has 6 heteroatoms. The lowest BCUT2D eigenvalue weighted by molar-refractivity contribution is 0.0715. The smallest absolute Gasteiger partial charge is 0.133 e. The molecule has 0 amide bonds. The molecule has 0 spiro atoms. The minimum atomic E-state index is -0.551. The third-order valence-electron chi connectivity index (χ3n) is 5.58. The van der Waals surface area contributed by atoms with Crippen LogP contribution in [0.5, 0.6) is 0 Å². The van der Waals surface area contributed by atoms with Gasteiger partial charge >= 0.3 is 0 Å². The van der Waals surface area contributed by atoms with E-state index in [0.717, 1.165) is 17.1 Å². The summed E-state index contributed by atoms with van der Waals surface area (Å²) in [6.07, 6.45) is 2.47. The Labute approximate surface area is 166 Å². The number of aliphatic hydroxyl groups is 2. The molecule has 1 aliphatic carbocycles. The molecule has 1 aliphatic rings. The first-order valence-corrected chi connectivity index (χ1v) is 9.87. The van der Waals surface area contributed by atoms with E-state index < -0.39 is 6.10 Å². The maximum atomic E-state index is 13.1. The number of hydrogen-bond acceptors (Lipinski definition) is 5. The van der Waals surface area contributed by atoms with Crippen LogP contribution in [0.1, 0.15) is 44.3 Å². The van der Waals surface area contributed by atoms with Gasteiger partial charge in [-0.05, 0) is 42.5 Å². The van der Waals surface area contributed by atoms with Gasteiger partial charge in [-0.2, -0.15) is 0 Å². The van der Waals surface area contributed by atoms with Gasteiger partial charge in [-0.1, -0.05) is 32.9 Å². The van der Waals surface area contributed by atoms with E-state index in [1.807, 2.05) is 6.07 Å². The zero-order chi connectivity index (χ0) is 20.3. The van der Waals surface area contributed by atoms with Crippen molar-refractivity contribution in [3.8, 4) is 0 Å². The van der Waals surface area contributed by atoms with Gasteiger partial charge in [-0.15, -0.1) is 0 Å². The molecule has 1 heterocycles. The van der Waals surface area contributed by atoms with Crippen LogP contribution in [0.15, 0.2) is 36.5 Å². The fourth-order valence-electron chi connectivity index (χ4n) is 3.94. The molecule has 4 atom stereocenters. The van der Waals surface area contributed by atoms with Crippen LogP contribution < -0.4 is 5.32 Å². The zero-order valence-corrected chi connectivity index (χ0v) is 16.8. The summed E-state index contributed by atoms with van der Waals surface area (Å²) in [5.74, 6) is 0.401. The van der Waals surface area contributed by atoms with E-state index in [-0.39, 0.29) is 35.7 Å². The molecular weight excluding hydrogens is 357 g/mol. The highest BCUT2D eigenvalue weighted by atomic mass is 19.1. The number of nitrogens with one attached hydrogen (secondary N) is 1. The number of rotatable bonds is 6. The molecule has 4 unspecified atom stereocenters. The molecule has 0 saturated heterocycles. The van der Waals surface area contributed by atoms with Crippen molar-refractivity contribution in [1.82, 2.24) is 15.3 Å². The number of benzene rings is 1. The van der Waals surface area contributed by atoms with Crippen LogP contribution >= 0.6 is 0 Å². The van der Waals surface area contributed by atoms with E-state index in [0.29, 0.717) is 19.4 Å². The lowest BCUT2D eigenvalue weighted by Crippen LogP contribution is -2.36. The third-order valence-corrected chi connectivity index (χ3v) is 5.58. The molecule has 1 aromatic carbocycles. The van der Waals surface area contributed by atoms with Crippen molar-refractivity contribution in [2.75, 3.05) is 6.61 Å². The first kappa shape index (κ1) is 20.8. The maximum absolute atomic E-state index is 13.1. The van der Waals surface area contributed by atoms with Crippen LogP contribution in [0.25, 0.3) is 0 Å². The molecule has 152 valence electrons. The Morgan fingerprint density at radius 2 is 1.86 bits per heavy atom. The van der Waals surface area contributed by atoms with E-state index in [2.05, 4.69) is 31.1 Å². The average molecular weight is 387 g/mol. The van der Waals surface area contributed by atoms with Gasteiger partial charge in [0, 0.05) is 42.4 Å². The molecule has 0 bridgehead atoms. The second kappa shape index (κ2) is 8.64. The summed E-state index contributed by atoms with van der Waals surface area (Å²) >= 11 is 0. The third kappa shape index (κ3) is 4.93. The lowest BCUT2D eigenvalue weighted by Gasteiger charge is -2.25. The maximum Gasteiger partial charge on any atom is 0.133 e. The molecule has 1 aromatic heterocycles. The van der Waals surface area contributed by atoms with Crippen LogP contribution in [0.3, 0.4) is 0 Å². The molecule has 5 nitrogen and oxygen atoms in total. The minimum absolute atomic E-state index is 0.0465. The summed E-state index contributed by atoms with van der Waals surface area (Å²) < 4.78 is 13.1. The number of halogens is 1. The SMILES string of the molecule is CC(C)(C)c1nccc(CC2C(NCc3ccc(F)cc3)CC(O)C2CO)n1. The van der Waals surface area contributed by atoms with E-state index >= 15 is 0 Å². The normalized spacial score (nSPS) is 25.2. The summed E-state index contributed by atoms with van der Waals surface area (Å²) in [5, 5.41) is 23.8. The second-order valence-corrected chi connectivity index (χ2v) is 8.75. The van der Waals surface area contributed by atoms with Crippen LogP contribution in [0, 0.1) is 17.7 Å². The minimum Gasteiger partial charge on any atom is -0.396 e. The average Bonchev–Trinajstić information content (AvgIpc) is 2.95. The van der Waals surface area contributed by atoms with E-state index in [9.17, 15) is 14.6 Å². The molecule has 2 aromatic rings. The Balaban J connectivity index is 1.74. The summed E-state index contributed by atoms with van der Waals surface area (Å²) in [7, 11) is 0. The largest absolute Gasteiger partial charge is 0.396 e. The predicted molar refractivity (Wildman–Crippen MR) is 106 cm³/mol. The van der Waals surface area contributed by atoms with Crippen molar-refractivity contribution in [3.63, 3.8) is 0 Å². The Morgan fingerprint density at radius 3 is 2.50 bits per heavy atom. The van der Waals surface area contributed by atoms with Gasteiger partial charge in [0.15, 0.2) is 0 Å². The van der Waals surface area contributed by atoms with E-state index in [1.165, 1.54) is 12.1 Å². The standard InChI is InChI=1S/C22H30FN3O2/c1-22(2,3)21-24-9-8-16(26-21)10-17-18(13-27)20(28)11-19(17)25-12-14-4-6-15(23)7-5-14/h4-9,17-20,25,27-28H,10-13H2,1-3H3. The Morgan fingerprint density at radius 1 is 1.14 bits per heavy atom. The number of hydrogen-bond donors (Lipinski definition) is 3. The summed E-state index contributed by atoms with van der Waals surface area (Å²) in [6.45, 7) is 6.76. The lowest BCUT2D eigenvalue weighted by atomic mass is 9.88. The first-order valence-electron chi connectivity index (χ1n) is 9.87. The van der Waals surface area contributed by atoms with Crippen molar-refractivity contribution >= 4 is 0 Å². The summed E-state index contributed by atoms with van der Waals surface area (Å²) in [6, 6.07) is 8.36. The van der Waals surface area contributed by atoms with Gasteiger partial charge in [-0.3, -0.25) is 0 Å². The Hall–Kier alpha value is -1.89. The van der Waals surface area contributed by atoms with Crippen molar-refractivity contribution in [2.24, 2.45) is 11.8 Å². The summed E-state index contributed by atoms with van der Waals surface area (Å²) in [4.78, 5) is 9.11. The highest BCUT2D eigenvalue weighted by Crippen LogP contribution is 2.35. The molecule has 28 heavy (non-hydrogen) atoms. The van der Waals surface area contributed by atoms with E-state index in [4.69, 9.17) is 4.98 Å². The van der Waals surface area contributed by atoms with Gasteiger partial charge in [0.05, 0.1) is 6.10 Å². The predicted octanol–water partition coefficient (Wildman–Crippen LogP) is 2.60. The van der Waals surface area contributed by atoms with Crippen LogP contribution in [0.4, 0.5) is 4.39 Å². The first-order chi connectivity index (χ1) is 13.3.